The molecule has 3 rings (SSSR count). The van der Waals surface area contributed by atoms with Gasteiger partial charge in [0.2, 0.25) is 17.8 Å². The van der Waals surface area contributed by atoms with Crippen LogP contribution in [0.1, 0.15) is 0 Å². The minimum absolute atomic E-state index is 0.194. The summed E-state index contributed by atoms with van der Waals surface area (Å²) < 4.78 is 0. The van der Waals surface area contributed by atoms with Crippen LogP contribution in [0.4, 0.5) is 17.8 Å². The van der Waals surface area contributed by atoms with Crippen molar-refractivity contribution in [3.8, 4) is 0 Å². The van der Waals surface area contributed by atoms with Gasteiger partial charge in [-0.3, -0.25) is 0 Å². The number of nitrogens with zero attached hydrogens (tertiary/aromatic N) is 9. The van der Waals surface area contributed by atoms with E-state index in [9.17, 15) is 0 Å². The van der Waals surface area contributed by atoms with Gasteiger partial charge in [0.25, 0.3) is 0 Å². The van der Waals surface area contributed by atoms with Crippen LogP contribution in [0.25, 0.3) is 0 Å². The number of nitrogens with two attached hydrogens (primary N) is 3. The van der Waals surface area contributed by atoms with Crippen molar-refractivity contribution in [3.05, 3.63) is 0 Å². The number of nitrogen functional groups attached to an aromatic ring is 3. The number of hydrogen-bond acceptors (Lipinski definition) is 18. The first-order chi connectivity index (χ1) is 15.9. The van der Waals surface area contributed by atoms with E-state index >= 15 is 0 Å². The Kier molecular flexibility index (Phi) is 10.6. The fourth-order valence-electron chi connectivity index (χ4n) is 2.03. The van der Waals surface area contributed by atoms with E-state index in [0.29, 0.717) is 30.9 Å². The van der Waals surface area contributed by atoms with Crippen LogP contribution >= 0.6 is 70.6 Å². The predicted molar refractivity (Wildman–Crippen MR) is 139 cm³/mol. The summed E-state index contributed by atoms with van der Waals surface area (Å²) in [7, 11) is 0. The standard InChI is InChI=1S/C15H20N12S6/c1-28-10-19-7(16)21-12(25-10)30-3-5-32-14-23-9(18)24-15(27-14)33-6-4-31-13-22-8(17)20-11(26-13)29-2/h3-6H2,1-2H3,(H2,16,19,21,25)(H2,17,20,22,26)(H2,18,23,24,27). The van der Waals surface area contributed by atoms with E-state index in [1.54, 1.807) is 0 Å². The van der Waals surface area contributed by atoms with E-state index in [2.05, 4.69) is 44.9 Å². The van der Waals surface area contributed by atoms with Gasteiger partial charge in [-0.1, -0.05) is 70.6 Å². The molecule has 0 atom stereocenters. The van der Waals surface area contributed by atoms with Crippen LogP contribution in [-0.2, 0) is 0 Å². The summed E-state index contributed by atoms with van der Waals surface area (Å²) in [5, 5.41) is 3.56. The molecule has 3 aromatic rings. The maximum atomic E-state index is 5.86. The van der Waals surface area contributed by atoms with Crippen LogP contribution in [0.2, 0.25) is 0 Å². The second-order valence-electron chi connectivity index (χ2n) is 5.58. The fraction of sp³-hybridized carbons (Fsp3) is 0.400. The molecule has 0 saturated carbocycles. The quantitative estimate of drug-likeness (QED) is 0.215. The van der Waals surface area contributed by atoms with Crippen molar-refractivity contribution in [1.82, 2.24) is 44.9 Å². The van der Waals surface area contributed by atoms with Gasteiger partial charge < -0.3 is 17.2 Å². The Hall–Kier alpha value is -1.47. The molecule has 0 saturated heterocycles. The van der Waals surface area contributed by atoms with E-state index in [4.69, 9.17) is 17.2 Å². The Morgan fingerprint density at radius 2 is 0.667 bits per heavy atom. The average molecular weight is 561 g/mol. The van der Waals surface area contributed by atoms with Crippen LogP contribution in [0.5, 0.6) is 0 Å². The molecule has 6 N–H and O–H groups in total. The second-order valence-corrected chi connectivity index (χ2v) is 11.4. The van der Waals surface area contributed by atoms with Gasteiger partial charge in [-0.2, -0.15) is 44.9 Å². The lowest BCUT2D eigenvalue weighted by Crippen LogP contribution is -2.03. The van der Waals surface area contributed by atoms with Gasteiger partial charge in [0.1, 0.15) is 0 Å². The highest BCUT2D eigenvalue weighted by Crippen LogP contribution is 2.24. The Bertz CT molecular complexity index is 994. The van der Waals surface area contributed by atoms with Crippen LogP contribution in [0.3, 0.4) is 0 Å². The van der Waals surface area contributed by atoms with Gasteiger partial charge in [-0.25, -0.2) is 0 Å². The molecule has 0 fully saturated rings. The molecule has 3 aromatic heterocycles. The third kappa shape index (κ3) is 9.01. The smallest absolute Gasteiger partial charge is 0.225 e. The first-order valence-corrected chi connectivity index (χ1v) is 15.5. The summed E-state index contributed by atoms with van der Waals surface area (Å²) in [6, 6.07) is 0. The maximum Gasteiger partial charge on any atom is 0.225 e. The highest BCUT2D eigenvalue weighted by atomic mass is 32.2. The zero-order valence-corrected chi connectivity index (χ0v) is 22.4. The molecular formula is C15H20N12S6. The summed E-state index contributed by atoms with van der Waals surface area (Å²) in [6.45, 7) is 0. The molecule has 0 aliphatic heterocycles. The third-order valence-electron chi connectivity index (χ3n) is 3.29. The molecule has 0 amide bonds. The van der Waals surface area contributed by atoms with Gasteiger partial charge in [0.15, 0.2) is 30.9 Å². The molecule has 18 heteroatoms. The monoisotopic (exact) mass is 560 g/mol. The Morgan fingerprint density at radius 1 is 0.424 bits per heavy atom. The van der Waals surface area contributed by atoms with Crippen molar-refractivity contribution < 1.29 is 0 Å². The highest BCUT2D eigenvalue weighted by molar-refractivity contribution is 8.03. The number of thioether (sulfide) groups is 6. The molecule has 0 aliphatic rings. The molecule has 0 bridgehead atoms. The van der Waals surface area contributed by atoms with E-state index in [1.165, 1.54) is 70.6 Å². The van der Waals surface area contributed by atoms with Crippen LogP contribution < -0.4 is 17.2 Å². The number of rotatable bonds is 12. The average Bonchev–Trinajstić information content (AvgIpc) is 2.78. The third-order valence-corrected chi connectivity index (χ3v) is 8.30. The van der Waals surface area contributed by atoms with Crippen LogP contribution in [0.15, 0.2) is 30.9 Å². The van der Waals surface area contributed by atoms with Crippen molar-refractivity contribution in [2.45, 2.75) is 30.9 Å². The van der Waals surface area contributed by atoms with Gasteiger partial charge >= 0.3 is 0 Å². The molecular weight excluding hydrogens is 541 g/mol. The summed E-state index contributed by atoms with van der Waals surface area (Å²) in [4.78, 5) is 37.9. The van der Waals surface area contributed by atoms with Gasteiger partial charge in [-0.15, -0.1) is 0 Å². The van der Waals surface area contributed by atoms with Gasteiger partial charge in [0, 0.05) is 23.0 Å². The zero-order valence-electron chi connectivity index (χ0n) is 17.5. The number of hydrogen-bond donors (Lipinski definition) is 3. The Morgan fingerprint density at radius 3 is 0.939 bits per heavy atom. The number of aromatic nitrogens is 9. The Labute approximate surface area is 215 Å². The lowest BCUT2D eigenvalue weighted by atomic mass is 10.9. The van der Waals surface area contributed by atoms with Gasteiger partial charge in [0.05, 0.1) is 0 Å². The normalized spacial score (nSPS) is 11.1. The van der Waals surface area contributed by atoms with Crippen molar-refractivity contribution in [3.63, 3.8) is 0 Å². The largest absolute Gasteiger partial charge is 0.368 e. The first-order valence-electron chi connectivity index (χ1n) is 9.09. The van der Waals surface area contributed by atoms with E-state index in [0.717, 1.165) is 23.0 Å². The summed E-state index contributed by atoms with van der Waals surface area (Å²) in [5.74, 6) is 3.62. The molecule has 33 heavy (non-hydrogen) atoms. The topological polar surface area (TPSA) is 194 Å². The summed E-state index contributed by atoms with van der Waals surface area (Å²) in [6.07, 6.45) is 3.78. The van der Waals surface area contributed by atoms with Gasteiger partial charge in [-0.05, 0) is 12.5 Å². The van der Waals surface area contributed by atoms with Crippen LogP contribution in [0, 0.1) is 0 Å². The van der Waals surface area contributed by atoms with Crippen molar-refractivity contribution in [2.24, 2.45) is 0 Å². The molecule has 0 radical (unpaired) electrons. The SMILES string of the molecule is CSc1nc(N)nc(SCCSc2nc(N)nc(SCCSc3nc(N)nc(SC)n3)n2)n1. The first kappa shape index (κ1) is 26.1. The lowest BCUT2D eigenvalue weighted by Gasteiger charge is -2.05. The van der Waals surface area contributed by atoms with E-state index < -0.39 is 0 Å². The predicted octanol–water partition coefficient (Wildman–Crippen LogP) is 2.20. The van der Waals surface area contributed by atoms with Crippen molar-refractivity contribution in [1.29, 1.82) is 0 Å². The maximum absolute atomic E-state index is 5.86. The zero-order chi connectivity index (χ0) is 23.6. The molecule has 12 nitrogen and oxygen atoms in total. The highest BCUT2D eigenvalue weighted by Gasteiger charge is 2.09. The van der Waals surface area contributed by atoms with E-state index in [1.807, 2.05) is 12.5 Å². The summed E-state index contributed by atoms with van der Waals surface area (Å²) >= 11 is 8.82. The minimum atomic E-state index is 0.194. The van der Waals surface area contributed by atoms with Crippen LogP contribution in [-0.4, -0.2) is 80.4 Å². The van der Waals surface area contributed by atoms with E-state index in [-0.39, 0.29) is 17.8 Å². The molecule has 0 spiro atoms. The second kappa shape index (κ2) is 13.4. The summed E-state index contributed by atoms with van der Waals surface area (Å²) in [5.41, 5.74) is 17.3. The van der Waals surface area contributed by atoms with Crippen molar-refractivity contribution >= 4 is 88.4 Å². The molecule has 0 aliphatic carbocycles. The fourth-order valence-corrected chi connectivity index (χ4v) is 6.23. The molecule has 3 heterocycles. The van der Waals surface area contributed by atoms with Crippen molar-refractivity contribution in [2.75, 3.05) is 52.7 Å². The minimum Gasteiger partial charge on any atom is -0.368 e. The molecule has 0 aromatic carbocycles. The molecule has 176 valence electrons. The Balaban J connectivity index is 1.45. The lowest BCUT2D eigenvalue weighted by molar-refractivity contribution is 0.811. The molecule has 0 unspecified atom stereocenters. The number of anilines is 3.